The Labute approximate surface area is 112 Å². The molecule has 0 radical (unpaired) electrons. The van der Waals surface area contributed by atoms with Gasteiger partial charge in [-0.15, -0.1) is 0 Å². The molecule has 4 heteroatoms. The maximum atomic E-state index is 11.7. The summed E-state index contributed by atoms with van der Waals surface area (Å²) in [5.74, 6) is 0.425. The standard InChI is InChI=1S/C15H17NO3/c17-14-12-7-6-11(8-12)13(14)16-15(18)19-9-10-4-2-1-3-5-10/h1-7,11-14,17H,8-9H2,(H,16,18). The highest BCUT2D eigenvalue weighted by Crippen LogP contribution is 2.39. The van der Waals surface area contributed by atoms with Crippen LogP contribution in [-0.4, -0.2) is 23.3 Å². The summed E-state index contributed by atoms with van der Waals surface area (Å²) in [6.45, 7) is 0.249. The quantitative estimate of drug-likeness (QED) is 0.814. The molecule has 0 saturated heterocycles. The third-order valence-corrected chi connectivity index (χ3v) is 3.91. The third-order valence-electron chi connectivity index (χ3n) is 3.91. The average Bonchev–Trinajstić information content (AvgIpc) is 3.01. The summed E-state index contributed by atoms with van der Waals surface area (Å²) >= 11 is 0. The zero-order valence-corrected chi connectivity index (χ0v) is 10.5. The number of fused-ring (bicyclic) bond motifs is 2. The Balaban J connectivity index is 1.51. The fourth-order valence-corrected chi connectivity index (χ4v) is 2.89. The van der Waals surface area contributed by atoms with E-state index in [1.807, 2.05) is 36.4 Å². The normalized spacial score (nSPS) is 31.4. The number of nitrogens with one attached hydrogen (secondary N) is 1. The van der Waals surface area contributed by atoms with Crippen molar-refractivity contribution in [3.63, 3.8) is 0 Å². The molecule has 1 fully saturated rings. The van der Waals surface area contributed by atoms with Crippen molar-refractivity contribution in [3.05, 3.63) is 48.0 Å². The van der Waals surface area contributed by atoms with Crippen LogP contribution in [-0.2, 0) is 11.3 Å². The van der Waals surface area contributed by atoms with Gasteiger partial charge in [0.25, 0.3) is 0 Å². The van der Waals surface area contributed by atoms with Crippen LogP contribution in [0.3, 0.4) is 0 Å². The average molecular weight is 259 g/mol. The Hall–Kier alpha value is -1.81. The van der Waals surface area contributed by atoms with Crippen LogP contribution in [0, 0.1) is 11.8 Å². The monoisotopic (exact) mass is 259 g/mol. The van der Waals surface area contributed by atoms with Crippen LogP contribution in [0.15, 0.2) is 42.5 Å². The SMILES string of the molecule is O=C(NC1C2C=CC(C2)C1O)OCc1ccccc1. The number of aliphatic hydroxyl groups is 1. The lowest BCUT2D eigenvalue weighted by molar-refractivity contribution is 0.0952. The van der Waals surface area contributed by atoms with Gasteiger partial charge in [0.05, 0.1) is 12.1 Å². The van der Waals surface area contributed by atoms with E-state index in [9.17, 15) is 9.90 Å². The fraction of sp³-hybridized carbons (Fsp3) is 0.400. The number of ether oxygens (including phenoxy) is 1. The van der Waals surface area contributed by atoms with Crippen LogP contribution < -0.4 is 5.32 Å². The molecule has 1 aromatic carbocycles. The number of benzene rings is 1. The molecule has 1 saturated carbocycles. The summed E-state index contributed by atoms with van der Waals surface area (Å²) in [6.07, 6.45) is 4.07. The van der Waals surface area contributed by atoms with Crippen LogP contribution in [0.1, 0.15) is 12.0 Å². The first-order chi connectivity index (χ1) is 9.24. The molecular weight excluding hydrogens is 242 g/mol. The van der Waals surface area contributed by atoms with E-state index in [-0.39, 0.29) is 24.5 Å². The van der Waals surface area contributed by atoms with Crippen molar-refractivity contribution in [1.29, 1.82) is 0 Å². The van der Waals surface area contributed by atoms with E-state index < -0.39 is 12.2 Å². The van der Waals surface area contributed by atoms with Crippen LogP contribution in [0.25, 0.3) is 0 Å². The van der Waals surface area contributed by atoms with Gasteiger partial charge in [-0.2, -0.15) is 0 Å². The topological polar surface area (TPSA) is 58.6 Å². The molecule has 4 atom stereocenters. The van der Waals surface area contributed by atoms with Gasteiger partial charge in [-0.25, -0.2) is 4.79 Å². The molecule has 0 spiro atoms. The van der Waals surface area contributed by atoms with Crippen molar-refractivity contribution < 1.29 is 14.6 Å². The molecule has 1 amide bonds. The second-order valence-electron chi connectivity index (χ2n) is 5.17. The molecule has 2 N–H and O–H groups in total. The first kappa shape index (κ1) is 12.2. The van der Waals surface area contributed by atoms with Crippen LogP contribution in [0.5, 0.6) is 0 Å². The van der Waals surface area contributed by atoms with E-state index in [2.05, 4.69) is 11.4 Å². The Morgan fingerprint density at radius 1 is 1.26 bits per heavy atom. The largest absolute Gasteiger partial charge is 0.445 e. The van der Waals surface area contributed by atoms with Gasteiger partial charge >= 0.3 is 6.09 Å². The molecule has 1 aromatic rings. The van der Waals surface area contributed by atoms with E-state index in [0.717, 1.165) is 12.0 Å². The molecule has 19 heavy (non-hydrogen) atoms. The highest BCUT2D eigenvalue weighted by molar-refractivity contribution is 5.68. The van der Waals surface area contributed by atoms with Gasteiger partial charge in [-0.05, 0) is 12.0 Å². The fourth-order valence-electron chi connectivity index (χ4n) is 2.89. The summed E-state index contributed by atoms with van der Waals surface area (Å²) in [6, 6.07) is 9.33. The van der Waals surface area contributed by atoms with Crippen molar-refractivity contribution in [2.24, 2.45) is 11.8 Å². The Morgan fingerprint density at radius 3 is 2.68 bits per heavy atom. The number of rotatable bonds is 3. The molecule has 0 heterocycles. The molecular formula is C15H17NO3. The first-order valence-electron chi connectivity index (χ1n) is 6.57. The highest BCUT2D eigenvalue weighted by Gasteiger charge is 2.44. The number of aliphatic hydroxyl groups excluding tert-OH is 1. The lowest BCUT2D eigenvalue weighted by atomic mass is 9.99. The molecule has 2 bridgehead atoms. The second kappa shape index (κ2) is 5.05. The number of hydrogen-bond donors (Lipinski definition) is 2. The Morgan fingerprint density at radius 2 is 2.00 bits per heavy atom. The summed E-state index contributed by atoms with van der Waals surface area (Å²) in [7, 11) is 0. The van der Waals surface area contributed by atoms with E-state index in [0.29, 0.717) is 0 Å². The van der Waals surface area contributed by atoms with Crippen molar-refractivity contribution in [3.8, 4) is 0 Å². The van der Waals surface area contributed by atoms with Gasteiger partial charge in [0.1, 0.15) is 6.61 Å². The number of alkyl carbamates (subject to hydrolysis) is 1. The van der Waals surface area contributed by atoms with E-state index in [4.69, 9.17) is 4.74 Å². The lowest BCUT2D eigenvalue weighted by Crippen LogP contribution is -2.45. The van der Waals surface area contributed by atoms with E-state index in [1.54, 1.807) is 0 Å². The van der Waals surface area contributed by atoms with Crippen molar-refractivity contribution in [2.75, 3.05) is 0 Å². The molecule has 0 aliphatic heterocycles. The summed E-state index contributed by atoms with van der Waals surface area (Å²) < 4.78 is 5.16. The minimum Gasteiger partial charge on any atom is -0.445 e. The first-order valence-corrected chi connectivity index (χ1v) is 6.57. The van der Waals surface area contributed by atoms with Crippen molar-refractivity contribution in [2.45, 2.75) is 25.2 Å². The molecule has 4 unspecified atom stereocenters. The zero-order chi connectivity index (χ0) is 13.2. The van der Waals surface area contributed by atoms with Gasteiger partial charge in [-0.1, -0.05) is 42.5 Å². The number of amides is 1. The van der Waals surface area contributed by atoms with E-state index in [1.165, 1.54) is 0 Å². The van der Waals surface area contributed by atoms with Gasteiger partial charge in [0.2, 0.25) is 0 Å². The van der Waals surface area contributed by atoms with Gasteiger partial charge in [-0.3, -0.25) is 0 Å². The molecule has 4 nitrogen and oxygen atoms in total. The molecule has 3 rings (SSSR count). The zero-order valence-electron chi connectivity index (χ0n) is 10.5. The molecule has 2 aliphatic carbocycles. The summed E-state index contributed by atoms with van der Waals surface area (Å²) in [5, 5.41) is 12.8. The summed E-state index contributed by atoms with van der Waals surface area (Å²) in [5.41, 5.74) is 0.950. The number of carbonyl (C=O) groups is 1. The van der Waals surface area contributed by atoms with Gasteiger partial charge < -0.3 is 15.2 Å². The van der Waals surface area contributed by atoms with Gasteiger partial charge in [0, 0.05) is 11.8 Å². The second-order valence-corrected chi connectivity index (χ2v) is 5.17. The minimum atomic E-state index is -0.487. The lowest BCUT2D eigenvalue weighted by Gasteiger charge is -2.24. The Kier molecular flexibility index (Phi) is 3.25. The van der Waals surface area contributed by atoms with Gasteiger partial charge in [0.15, 0.2) is 0 Å². The highest BCUT2D eigenvalue weighted by atomic mass is 16.5. The number of carbonyl (C=O) groups excluding carboxylic acids is 1. The van der Waals surface area contributed by atoms with Crippen molar-refractivity contribution in [1.82, 2.24) is 5.32 Å². The maximum absolute atomic E-state index is 11.7. The smallest absolute Gasteiger partial charge is 0.407 e. The minimum absolute atomic E-state index is 0.185. The van der Waals surface area contributed by atoms with Crippen LogP contribution >= 0.6 is 0 Å². The van der Waals surface area contributed by atoms with Crippen molar-refractivity contribution >= 4 is 6.09 Å². The molecule has 0 aromatic heterocycles. The summed E-state index contributed by atoms with van der Waals surface area (Å²) in [4.78, 5) is 11.7. The third kappa shape index (κ3) is 2.49. The number of hydrogen-bond acceptors (Lipinski definition) is 3. The Bertz CT molecular complexity index is 485. The predicted octanol–water partition coefficient (Wildman–Crippen LogP) is 1.85. The molecule has 2 aliphatic rings. The molecule has 100 valence electrons. The van der Waals surface area contributed by atoms with Crippen LogP contribution in [0.4, 0.5) is 4.79 Å². The van der Waals surface area contributed by atoms with E-state index >= 15 is 0 Å². The predicted molar refractivity (Wildman–Crippen MR) is 70.3 cm³/mol. The maximum Gasteiger partial charge on any atom is 0.407 e. The van der Waals surface area contributed by atoms with Crippen LogP contribution in [0.2, 0.25) is 0 Å².